The Morgan fingerprint density at radius 2 is 1.34 bits per heavy atom. The van der Waals surface area contributed by atoms with Crippen LogP contribution in [0.25, 0.3) is 11.1 Å². The molecule has 0 aliphatic carbocycles. The van der Waals surface area contributed by atoms with Crippen molar-refractivity contribution in [3.63, 3.8) is 0 Å². The minimum Gasteiger partial charge on any atom is -0.322 e. The van der Waals surface area contributed by atoms with E-state index >= 15 is 0 Å². The molecule has 4 nitrogen and oxygen atoms in total. The molecule has 0 bridgehead atoms. The van der Waals surface area contributed by atoms with E-state index in [4.69, 9.17) is 0 Å². The molecule has 0 saturated carbocycles. The molecule has 0 saturated heterocycles. The maximum atomic E-state index is 14.0. The molecule has 0 heterocycles. The van der Waals surface area contributed by atoms with Gasteiger partial charge in [-0.3, -0.25) is 9.59 Å². The molecule has 5 rings (SSSR count). The lowest BCUT2D eigenvalue weighted by atomic mass is 9.99. The second-order valence-corrected chi connectivity index (χ2v) is 8.80. The molecular weight excluding hydrogens is 475 g/mol. The van der Waals surface area contributed by atoms with Gasteiger partial charge in [0.2, 0.25) is 0 Å². The SMILES string of the molecule is O=C(Nc1ccc(C(=O)N(Cc2ccccc2)c2cccc(F)c2)cc1)c1ccccc1-c1ccccc1. The van der Waals surface area contributed by atoms with Crippen molar-refractivity contribution in [3.05, 3.63) is 156 Å². The van der Waals surface area contributed by atoms with Crippen molar-refractivity contribution in [2.75, 3.05) is 10.2 Å². The number of benzene rings is 5. The molecule has 5 heteroatoms. The zero-order chi connectivity index (χ0) is 26.3. The molecule has 0 aromatic heterocycles. The molecule has 0 spiro atoms. The minimum absolute atomic E-state index is 0.242. The zero-order valence-corrected chi connectivity index (χ0v) is 20.6. The summed E-state index contributed by atoms with van der Waals surface area (Å²) in [6.07, 6.45) is 0. The lowest BCUT2D eigenvalue weighted by Gasteiger charge is -2.23. The highest BCUT2D eigenvalue weighted by Crippen LogP contribution is 2.25. The van der Waals surface area contributed by atoms with E-state index in [1.165, 1.54) is 12.1 Å². The zero-order valence-electron chi connectivity index (χ0n) is 20.6. The topological polar surface area (TPSA) is 49.4 Å². The summed E-state index contributed by atoms with van der Waals surface area (Å²) in [5, 5.41) is 2.93. The van der Waals surface area contributed by atoms with Crippen molar-refractivity contribution in [2.24, 2.45) is 0 Å². The molecule has 5 aromatic carbocycles. The average molecular weight is 501 g/mol. The Morgan fingerprint density at radius 3 is 2.05 bits per heavy atom. The van der Waals surface area contributed by atoms with Gasteiger partial charge in [0.15, 0.2) is 0 Å². The molecule has 1 N–H and O–H groups in total. The molecule has 0 atom stereocenters. The van der Waals surface area contributed by atoms with Gasteiger partial charge in [-0.05, 0) is 65.2 Å². The summed E-state index contributed by atoms with van der Waals surface area (Å²) in [5.41, 5.74) is 4.72. The van der Waals surface area contributed by atoms with Gasteiger partial charge >= 0.3 is 0 Å². The van der Waals surface area contributed by atoms with Crippen molar-refractivity contribution in [3.8, 4) is 11.1 Å². The van der Waals surface area contributed by atoms with Crippen molar-refractivity contribution in [2.45, 2.75) is 6.54 Å². The number of hydrogen-bond acceptors (Lipinski definition) is 2. The average Bonchev–Trinajstić information content (AvgIpc) is 2.97. The summed E-state index contributed by atoms with van der Waals surface area (Å²) in [5.74, 6) is -0.928. The van der Waals surface area contributed by atoms with E-state index in [1.54, 1.807) is 47.4 Å². The van der Waals surface area contributed by atoms with Crippen LogP contribution in [-0.2, 0) is 6.54 Å². The van der Waals surface area contributed by atoms with Crippen LogP contribution in [0.3, 0.4) is 0 Å². The van der Waals surface area contributed by atoms with Gasteiger partial charge in [0, 0.05) is 22.5 Å². The molecule has 5 aromatic rings. The fourth-order valence-electron chi connectivity index (χ4n) is 4.29. The standard InChI is InChI=1S/C33H25FN2O2/c34-27-14-9-15-29(22-27)36(23-24-10-3-1-4-11-24)33(38)26-18-20-28(21-19-26)35-32(37)31-17-8-7-16-30(31)25-12-5-2-6-13-25/h1-22H,23H2,(H,35,37). The van der Waals surface area contributed by atoms with Crippen LogP contribution in [0.2, 0.25) is 0 Å². The summed E-state index contributed by atoms with van der Waals surface area (Å²) in [7, 11) is 0. The molecular formula is C33H25FN2O2. The van der Waals surface area contributed by atoms with Crippen LogP contribution in [0.5, 0.6) is 0 Å². The van der Waals surface area contributed by atoms with Crippen LogP contribution in [0.4, 0.5) is 15.8 Å². The van der Waals surface area contributed by atoms with Crippen LogP contribution in [-0.4, -0.2) is 11.8 Å². The molecule has 186 valence electrons. The summed E-state index contributed by atoms with van der Waals surface area (Å²) in [4.78, 5) is 28.2. The lowest BCUT2D eigenvalue weighted by molar-refractivity contribution is 0.0984. The Bertz CT molecular complexity index is 1550. The van der Waals surface area contributed by atoms with Gasteiger partial charge in [0.25, 0.3) is 11.8 Å². The van der Waals surface area contributed by atoms with E-state index in [0.717, 1.165) is 16.7 Å². The Kier molecular flexibility index (Phi) is 7.37. The van der Waals surface area contributed by atoms with Crippen LogP contribution in [0, 0.1) is 5.82 Å². The molecule has 0 unspecified atom stereocenters. The van der Waals surface area contributed by atoms with Gasteiger partial charge < -0.3 is 10.2 Å². The first kappa shape index (κ1) is 24.7. The summed E-state index contributed by atoms with van der Waals surface area (Å²) < 4.78 is 14.0. The fourth-order valence-corrected chi connectivity index (χ4v) is 4.29. The predicted octanol–water partition coefficient (Wildman–Crippen LogP) is 7.59. The number of nitrogens with one attached hydrogen (secondary N) is 1. The number of amides is 2. The van der Waals surface area contributed by atoms with E-state index in [1.807, 2.05) is 78.9 Å². The van der Waals surface area contributed by atoms with Gasteiger partial charge in [0.05, 0.1) is 6.54 Å². The Balaban J connectivity index is 1.37. The third kappa shape index (κ3) is 5.68. The number of nitrogens with zero attached hydrogens (tertiary/aromatic N) is 1. The monoisotopic (exact) mass is 500 g/mol. The van der Waals surface area contributed by atoms with Crippen molar-refractivity contribution < 1.29 is 14.0 Å². The maximum absolute atomic E-state index is 14.0. The number of anilines is 2. The fraction of sp³-hybridized carbons (Fsp3) is 0.0303. The van der Waals surface area contributed by atoms with E-state index in [9.17, 15) is 14.0 Å². The Labute approximate surface area is 221 Å². The van der Waals surface area contributed by atoms with Gasteiger partial charge in [-0.2, -0.15) is 0 Å². The maximum Gasteiger partial charge on any atom is 0.258 e. The predicted molar refractivity (Wildman–Crippen MR) is 150 cm³/mol. The molecule has 0 aliphatic rings. The smallest absolute Gasteiger partial charge is 0.258 e. The Hall–Kier alpha value is -5.03. The number of rotatable bonds is 7. The van der Waals surface area contributed by atoms with Gasteiger partial charge in [0.1, 0.15) is 5.82 Å². The molecule has 2 amide bonds. The first-order chi connectivity index (χ1) is 18.6. The second kappa shape index (κ2) is 11.4. The molecule has 0 fully saturated rings. The van der Waals surface area contributed by atoms with Crippen LogP contribution < -0.4 is 10.2 Å². The summed E-state index contributed by atoms with van der Waals surface area (Å²) in [6, 6.07) is 39.4. The number of halogens is 1. The summed E-state index contributed by atoms with van der Waals surface area (Å²) >= 11 is 0. The lowest BCUT2D eigenvalue weighted by Crippen LogP contribution is -2.30. The first-order valence-electron chi connectivity index (χ1n) is 12.3. The quantitative estimate of drug-likeness (QED) is 0.250. The molecule has 38 heavy (non-hydrogen) atoms. The van der Waals surface area contributed by atoms with Gasteiger partial charge in [-0.25, -0.2) is 4.39 Å². The van der Waals surface area contributed by atoms with Crippen LogP contribution >= 0.6 is 0 Å². The third-order valence-electron chi connectivity index (χ3n) is 6.19. The van der Waals surface area contributed by atoms with Crippen molar-refractivity contribution in [1.29, 1.82) is 0 Å². The normalized spacial score (nSPS) is 10.6. The van der Waals surface area contributed by atoms with E-state index in [0.29, 0.717) is 22.5 Å². The largest absolute Gasteiger partial charge is 0.322 e. The number of carbonyl (C=O) groups is 2. The highest BCUT2D eigenvalue weighted by atomic mass is 19.1. The number of carbonyl (C=O) groups excluding carboxylic acids is 2. The molecule has 0 radical (unpaired) electrons. The van der Waals surface area contributed by atoms with E-state index in [2.05, 4.69) is 5.32 Å². The van der Waals surface area contributed by atoms with Gasteiger partial charge in [-0.15, -0.1) is 0 Å². The van der Waals surface area contributed by atoms with Gasteiger partial charge in [-0.1, -0.05) is 84.9 Å². The van der Waals surface area contributed by atoms with Crippen LogP contribution in [0.15, 0.2) is 133 Å². The highest BCUT2D eigenvalue weighted by Gasteiger charge is 2.19. The minimum atomic E-state index is -0.415. The van der Waals surface area contributed by atoms with Crippen molar-refractivity contribution in [1.82, 2.24) is 0 Å². The van der Waals surface area contributed by atoms with Crippen molar-refractivity contribution >= 4 is 23.2 Å². The summed E-state index contributed by atoms with van der Waals surface area (Å²) in [6.45, 7) is 0.290. The number of hydrogen-bond donors (Lipinski definition) is 1. The molecule has 0 aliphatic heterocycles. The first-order valence-corrected chi connectivity index (χ1v) is 12.3. The van der Waals surface area contributed by atoms with E-state index in [-0.39, 0.29) is 18.4 Å². The van der Waals surface area contributed by atoms with E-state index < -0.39 is 5.82 Å². The Morgan fingerprint density at radius 1 is 0.684 bits per heavy atom. The third-order valence-corrected chi connectivity index (χ3v) is 6.19. The second-order valence-electron chi connectivity index (χ2n) is 8.80. The highest BCUT2D eigenvalue weighted by molar-refractivity contribution is 6.09. The van der Waals surface area contributed by atoms with Crippen LogP contribution in [0.1, 0.15) is 26.3 Å².